The second-order valence-electron chi connectivity index (χ2n) is 6.15. The number of rotatable bonds is 7. The molecule has 152 valence electrons. The Bertz CT molecular complexity index is 1100. The van der Waals surface area contributed by atoms with Crippen molar-refractivity contribution in [3.63, 3.8) is 0 Å². The molecule has 1 heterocycles. The summed E-state index contributed by atoms with van der Waals surface area (Å²) >= 11 is 1.32. The summed E-state index contributed by atoms with van der Waals surface area (Å²) in [5.74, 6) is 0.762. The molecule has 0 unspecified atom stereocenters. The molecular weight excluding hydrogens is 412 g/mol. The van der Waals surface area contributed by atoms with Crippen molar-refractivity contribution >= 4 is 38.2 Å². The van der Waals surface area contributed by atoms with Gasteiger partial charge in [-0.2, -0.15) is 0 Å². The Kier molecular flexibility index (Phi) is 6.35. The Labute approximate surface area is 173 Å². The van der Waals surface area contributed by atoms with Crippen molar-refractivity contribution in [3.8, 4) is 17.0 Å². The van der Waals surface area contributed by atoms with Crippen LogP contribution >= 0.6 is 11.3 Å². The molecule has 29 heavy (non-hydrogen) atoms. The van der Waals surface area contributed by atoms with Crippen LogP contribution in [0.3, 0.4) is 0 Å². The number of thiazole rings is 1. The molecule has 0 radical (unpaired) electrons. The molecule has 2 aromatic carbocycles. The second kappa shape index (κ2) is 8.93. The van der Waals surface area contributed by atoms with Crippen LogP contribution in [0.2, 0.25) is 0 Å². The lowest BCUT2D eigenvalue weighted by Crippen LogP contribution is -2.28. The smallest absolute Gasteiger partial charge is 0.321 e. The summed E-state index contributed by atoms with van der Waals surface area (Å²) in [6.07, 6.45) is 1.08. The molecule has 0 saturated heterocycles. The average molecular weight is 433 g/mol. The third-order valence-corrected chi connectivity index (χ3v) is 5.16. The molecule has 8 nitrogen and oxygen atoms in total. The van der Waals surface area contributed by atoms with Gasteiger partial charge in [-0.25, -0.2) is 18.2 Å². The molecule has 3 rings (SSSR count). The molecule has 0 bridgehead atoms. The molecule has 0 atom stereocenters. The standard InChI is InChI=1S/C19H20N4O4S2/c1-27-16-8-6-14(7-9-16)17-12-28-19(21-17)22-18(24)20-11-13-4-3-5-15(10-13)23-29(2,25)26/h3-10,12,23H,11H2,1-2H3,(H2,20,21,22,24). The fraction of sp³-hybridized carbons (Fsp3) is 0.158. The van der Waals surface area contributed by atoms with E-state index in [0.717, 1.165) is 28.8 Å². The summed E-state index contributed by atoms with van der Waals surface area (Å²) < 4.78 is 30.2. The maximum atomic E-state index is 12.1. The van der Waals surface area contributed by atoms with E-state index < -0.39 is 16.1 Å². The zero-order valence-electron chi connectivity index (χ0n) is 15.8. The van der Waals surface area contributed by atoms with E-state index in [1.807, 2.05) is 29.6 Å². The lowest BCUT2D eigenvalue weighted by atomic mass is 10.2. The van der Waals surface area contributed by atoms with Crippen molar-refractivity contribution in [1.29, 1.82) is 0 Å². The van der Waals surface area contributed by atoms with Gasteiger partial charge in [0, 0.05) is 23.2 Å². The van der Waals surface area contributed by atoms with Gasteiger partial charge in [0.1, 0.15) is 5.75 Å². The Balaban J connectivity index is 1.56. The van der Waals surface area contributed by atoms with Gasteiger partial charge in [0.15, 0.2) is 5.13 Å². The van der Waals surface area contributed by atoms with E-state index in [-0.39, 0.29) is 6.54 Å². The molecule has 0 aliphatic heterocycles. The number of nitrogens with zero attached hydrogens (tertiary/aromatic N) is 1. The number of hydrogen-bond acceptors (Lipinski definition) is 6. The molecule has 2 amide bonds. The van der Waals surface area contributed by atoms with E-state index in [9.17, 15) is 13.2 Å². The Hall–Kier alpha value is -3.11. The van der Waals surface area contributed by atoms with Crippen LogP contribution < -0.4 is 20.1 Å². The quantitative estimate of drug-likeness (QED) is 0.529. The van der Waals surface area contributed by atoms with Gasteiger partial charge in [0.2, 0.25) is 10.0 Å². The van der Waals surface area contributed by atoms with Crippen LogP contribution in [-0.4, -0.2) is 32.8 Å². The van der Waals surface area contributed by atoms with E-state index in [0.29, 0.717) is 10.8 Å². The minimum atomic E-state index is -3.35. The van der Waals surface area contributed by atoms with Gasteiger partial charge in [-0.15, -0.1) is 11.3 Å². The van der Waals surface area contributed by atoms with Gasteiger partial charge in [-0.1, -0.05) is 12.1 Å². The van der Waals surface area contributed by atoms with E-state index in [1.165, 1.54) is 11.3 Å². The number of amides is 2. The summed E-state index contributed by atoms with van der Waals surface area (Å²) in [6.45, 7) is 0.238. The van der Waals surface area contributed by atoms with Crippen molar-refractivity contribution in [3.05, 3.63) is 59.5 Å². The monoisotopic (exact) mass is 432 g/mol. The van der Waals surface area contributed by atoms with E-state index >= 15 is 0 Å². The first-order valence-corrected chi connectivity index (χ1v) is 11.3. The molecule has 0 aliphatic carbocycles. The minimum Gasteiger partial charge on any atom is -0.497 e. The Morgan fingerprint density at radius 1 is 1.17 bits per heavy atom. The molecule has 3 N–H and O–H groups in total. The lowest BCUT2D eigenvalue weighted by molar-refractivity contribution is 0.251. The van der Waals surface area contributed by atoms with Gasteiger partial charge in [-0.05, 0) is 42.0 Å². The highest BCUT2D eigenvalue weighted by molar-refractivity contribution is 7.92. The van der Waals surface area contributed by atoms with Crippen LogP contribution in [0.1, 0.15) is 5.56 Å². The van der Waals surface area contributed by atoms with Crippen molar-refractivity contribution in [2.24, 2.45) is 0 Å². The van der Waals surface area contributed by atoms with E-state index in [4.69, 9.17) is 4.74 Å². The predicted molar refractivity (Wildman–Crippen MR) is 115 cm³/mol. The molecule has 10 heteroatoms. The third kappa shape index (κ3) is 6.19. The summed E-state index contributed by atoms with van der Waals surface area (Å²) in [6, 6.07) is 13.9. The maximum Gasteiger partial charge on any atom is 0.321 e. The highest BCUT2D eigenvalue weighted by atomic mass is 32.2. The van der Waals surface area contributed by atoms with Gasteiger partial charge in [-0.3, -0.25) is 10.0 Å². The largest absolute Gasteiger partial charge is 0.497 e. The molecule has 1 aromatic heterocycles. The summed E-state index contributed by atoms with van der Waals surface area (Å²) in [7, 11) is -1.75. The number of urea groups is 1. The highest BCUT2D eigenvalue weighted by Crippen LogP contribution is 2.26. The summed E-state index contributed by atoms with van der Waals surface area (Å²) in [5, 5.41) is 7.76. The van der Waals surface area contributed by atoms with Gasteiger partial charge in [0.05, 0.1) is 19.1 Å². The first kappa shape index (κ1) is 20.6. The van der Waals surface area contributed by atoms with E-state index in [1.54, 1.807) is 31.4 Å². The first-order chi connectivity index (χ1) is 13.8. The van der Waals surface area contributed by atoms with Gasteiger partial charge in [0.25, 0.3) is 0 Å². The van der Waals surface area contributed by atoms with E-state index in [2.05, 4.69) is 20.3 Å². The molecule has 0 aliphatic rings. The van der Waals surface area contributed by atoms with Crippen LogP contribution in [0.25, 0.3) is 11.3 Å². The summed E-state index contributed by atoms with van der Waals surface area (Å²) in [5.41, 5.74) is 2.88. The van der Waals surface area contributed by atoms with Crippen molar-refractivity contribution in [2.75, 3.05) is 23.4 Å². The van der Waals surface area contributed by atoms with Crippen molar-refractivity contribution < 1.29 is 17.9 Å². The third-order valence-electron chi connectivity index (χ3n) is 3.79. The SMILES string of the molecule is COc1ccc(-c2csc(NC(=O)NCc3cccc(NS(C)(=O)=O)c3)n2)cc1. The van der Waals surface area contributed by atoms with Crippen molar-refractivity contribution in [1.82, 2.24) is 10.3 Å². The van der Waals surface area contributed by atoms with Crippen LogP contribution in [-0.2, 0) is 16.6 Å². The predicted octanol–water partition coefficient (Wildman–Crippen LogP) is 3.51. The van der Waals surface area contributed by atoms with Crippen LogP contribution in [0.4, 0.5) is 15.6 Å². The number of sulfonamides is 1. The lowest BCUT2D eigenvalue weighted by Gasteiger charge is -2.08. The zero-order chi connectivity index (χ0) is 20.9. The average Bonchev–Trinajstić information content (AvgIpc) is 3.14. The fourth-order valence-electron chi connectivity index (χ4n) is 2.51. The number of aromatic nitrogens is 1. The number of methoxy groups -OCH3 is 1. The first-order valence-electron chi connectivity index (χ1n) is 8.54. The second-order valence-corrected chi connectivity index (χ2v) is 8.76. The number of benzene rings is 2. The fourth-order valence-corrected chi connectivity index (χ4v) is 3.78. The number of hydrogen-bond donors (Lipinski definition) is 3. The van der Waals surface area contributed by atoms with Crippen LogP contribution in [0, 0.1) is 0 Å². The normalized spacial score (nSPS) is 11.0. The minimum absolute atomic E-state index is 0.238. The summed E-state index contributed by atoms with van der Waals surface area (Å²) in [4.78, 5) is 16.6. The number of carbonyl (C=O) groups is 1. The molecular formula is C19H20N4O4S2. The van der Waals surface area contributed by atoms with Crippen LogP contribution in [0.5, 0.6) is 5.75 Å². The zero-order valence-corrected chi connectivity index (χ0v) is 17.4. The number of nitrogens with one attached hydrogen (secondary N) is 3. The molecule has 0 fully saturated rings. The van der Waals surface area contributed by atoms with Gasteiger partial charge < -0.3 is 10.1 Å². The topological polar surface area (TPSA) is 109 Å². The van der Waals surface area contributed by atoms with Gasteiger partial charge >= 0.3 is 6.03 Å². The maximum absolute atomic E-state index is 12.1. The molecule has 0 saturated carbocycles. The van der Waals surface area contributed by atoms with Crippen LogP contribution in [0.15, 0.2) is 53.9 Å². The Morgan fingerprint density at radius 3 is 2.62 bits per heavy atom. The number of ether oxygens (including phenoxy) is 1. The Morgan fingerprint density at radius 2 is 1.93 bits per heavy atom. The number of carbonyl (C=O) groups excluding carboxylic acids is 1. The molecule has 3 aromatic rings. The number of anilines is 2. The van der Waals surface area contributed by atoms with Crippen molar-refractivity contribution in [2.45, 2.75) is 6.54 Å². The molecule has 0 spiro atoms. The highest BCUT2D eigenvalue weighted by Gasteiger charge is 2.09.